The van der Waals surface area contributed by atoms with Crippen molar-refractivity contribution in [1.82, 2.24) is 9.78 Å². The van der Waals surface area contributed by atoms with E-state index in [1.54, 1.807) is 18.2 Å². The van der Waals surface area contributed by atoms with E-state index in [0.29, 0.717) is 6.32 Å². The molecule has 1 radical (unpaired) electrons. The molecule has 1 aromatic heterocycles. The van der Waals surface area contributed by atoms with Gasteiger partial charge in [-0.1, -0.05) is 29.8 Å². The Morgan fingerprint density at radius 1 is 1.40 bits per heavy atom. The molecule has 20 heavy (non-hydrogen) atoms. The SMILES string of the molecule is Cn1ncc(C2(O)CC2)c1-c1ccc(C[B]C=O)cc1. The number of aryl methyl sites for hydroxylation is 1. The molecule has 2 aromatic rings. The quantitative estimate of drug-likeness (QED) is 0.659. The lowest BCUT2D eigenvalue weighted by molar-refractivity contribution is 0.152. The summed E-state index contributed by atoms with van der Waals surface area (Å²) in [5.74, 6) is 0. The van der Waals surface area contributed by atoms with Crippen LogP contribution < -0.4 is 0 Å². The molecule has 0 saturated heterocycles. The lowest BCUT2D eigenvalue weighted by Gasteiger charge is -2.11. The fourth-order valence-corrected chi connectivity index (χ4v) is 2.49. The van der Waals surface area contributed by atoms with Gasteiger partial charge in [0.25, 0.3) is 0 Å². The van der Waals surface area contributed by atoms with Crippen molar-refractivity contribution in [3.05, 3.63) is 41.6 Å². The molecule has 101 valence electrons. The molecule has 1 saturated carbocycles. The average molecular weight is 267 g/mol. The van der Waals surface area contributed by atoms with E-state index in [1.807, 2.05) is 31.3 Å². The Kier molecular flexibility index (Phi) is 3.22. The van der Waals surface area contributed by atoms with Crippen molar-refractivity contribution in [3.63, 3.8) is 0 Å². The Balaban J connectivity index is 1.93. The van der Waals surface area contributed by atoms with Crippen LogP contribution in [0, 0.1) is 0 Å². The van der Waals surface area contributed by atoms with E-state index in [-0.39, 0.29) is 0 Å². The number of rotatable bonds is 5. The van der Waals surface area contributed by atoms with Crippen LogP contribution in [0.5, 0.6) is 0 Å². The van der Waals surface area contributed by atoms with Gasteiger partial charge >= 0.3 is 0 Å². The van der Waals surface area contributed by atoms with E-state index >= 15 is 0 Å². The number of aromatic nitrogens is 2. The first-order valence-corrected chi connectivity index (χ1v) is 6.75. The first-order chi connectivity index (χ1) is 9.64. The predicted molar refractivity (Wildman–Crippen MR) is 78.0 cm³/mol. The highest BCUT2D eigenvalue weighted by atomic mass is 16.3. The number of carbonyl (C=O) groups is 1. The summed E-state index contributed by atoms with van der Waals surface area (Å²) in [6.45, 7) is 0. The lowest BCUT2D eigenvalue weighted by Crippen LogP contribution is -2.06. The topological polar surface area (TPSA) is 55.1 Å². The van der Waals surface area contributed by atoms with Crippen LogP contribution in [-0.4, -0.2) is 28.4 Å². The zero-order chi connectivity index (χ0) is 14.2. The van der Waals surface area contributed by atoms with Gasteiger partial charge in [-0.15, -0.1) is 0 Å². The highest BCUT2D eigenvalue weighted by Crippen LogP contribution is 2.48. The van der Waals surface area contributed by atoms with E-state index in [2.05, 4.69) is 5.10 Å². The van der Waals surface area contributed by atoms with Gasteiger partial charge in [-0.05, 0) is 19.2 Å². The third-order valence-electron chi connectivity index (χ3n) is 3.84. The van der Waals surface area contributed by atoms with Crippen LogP contribution in [-0.2, 0) is 23.8 Å². The monoisotopic (exact) mass is 267 g/mol. The van der Waals surface area contributed by atoms with E-state index in [4.69, 9.17) is 0 Å². The highest BCUT2D eigenvalue weighted by molar-refractivity contribution is 6.66. The van der Waals surface area contributed by atoms with Crippen LogP contribution in [0.2, 0.25) is 0 Å². The number of hydrogen-bond acceptors (Lipinski definition) is 3. The molecular weight excluding hydrogens is 251 g/mol. The molecule has 0 unspecified atom stereocenters. The van der Waals surface area contributed by atoms with Gasteiger partial charge in [-0.25, -0.2) is 0 Å². The molecule has 1 aliphatic rings. The number of nitrogens with zero attached hydrogens (tertiary/aromatic N) is 2. The molecular formula is C15H16BN2O2. The van der Waals surface area contributed by atoms with Gasteiger partial charge < -0.3 is 9.90 Å². The molecule has 3 rings (SSSR count). The van der Waals surface area contributed by atoms with E-state index in [0.717, 1.165) is 41.4 Å². The summed E-state index contributed by atoms with van der Waals surface area (Å²) in [5, 5.41) is 14.6. The summed E-state index contributed by atoms with van der Waals surface area (Å²) in [7, 11) is 3.48. The maximum Gasteiger partial charge on any atom is 0.202 e. The number of aliphatic hydroxyl groups is 1. The van der Waals surface area contributed by atoms with Crippen LogP contribution in [0.15, 0.2) is 30.5 Å². The number of hydrogen-bond donors (Lipinski definition) is 1. The molecule has 0 aliphatic heterocycles. The molecule has 4 nitrogen and oxygen atoms in total. The molecule has 1 N–H and O–H groups in total. The maximum absolute atomic E-state index is 10.3. The second-order valence-corrected chi connectivity index (χ2v) is 5.33. The van der Waals surface area contributed by atoms with Gasteiger partial charge in [0.2, 0.25) is 7.28 Å². The first kappa shape index (κ1) is 13.1. The Bertz CT molecular complexity index is 630. The van der Waals surface area contributed by atoms with Crippen molar-refractivity contribution in [2.75, 3.05) is 0 Å². The standard InChI is InChI=1S/C15H16BN2O2/c1-18-14(13(9-17-18)15(20)6-7-15)12-4-2-11(3-5-12)8-16-10-19/h2-5,9-10,20H,6-8H2,1H3. The molecule has 0 amide bonds. The van der Waals surface area contributed by atoms with Crippen LogP contribution in [0.3, 0.4) is 0 Å². The third kappa shape index (κ3) is 2.29. The fraction of sp³-hybridized carbons (Fsp3) is 0.333. The third-order valence-corrected chi connectivity index (χ3v) is 3.84. The number of benzene rings is 1. The van der Waals surface area contributed by atoms with E-state index < -0.39 is 5.60 Å². The van der Waals surface area contributed by atoms with Gasteiger partial charge in [0.1, 0.15) is 0 Å². The minimum Gasteiger partial charge on any atom is -0.385 e. The Morgan fingerprint density at radius 3 is 2.70 bits per heavy atom. The molecule has 1 aliphatic carbocycles. The van der Waals surface area contributed by atoms with Crippen LogP contribution in [0.25, 0.3) is 11.3 Å². The van der Waals surface area contributed by atoms with Gasteiger partial charge in [-0.2, -0.15) is 5.10 Å². The maximum atomic E-state index is 10.3. The van der Waals surface area contributed by atoms with Gasteiger partial charge in [0.15, 0.2) is 0 Å². The summed E-state index contributed by atoms with van der Waals surface area (Å²) in [5.41, 5.74) is 3.32. The van der Waals surface area contributed by atoms with E-state index in [1.165, 1.54) is 0 Å². The Morgan fingerprint density at radius 2 is 2.10 bits per heavy atom. The predicted octanol–water partition coefficient (Wildman–Crippen LogP) is 1.46. The first-order valence-electron chi connectivity index (χ1n) is 6.75. The summed E-state index contributed by atoms with van der Waals surface area (Å²) >= 11 is 0. The van der Waals surface area contributed by atoms with Crippen LogP contribution >= 0.6 is 0 Å². The molecule has 1 heterocycles. The average Bonchev–Trinajstić information content (AvgIpc) is 3.08. The van der Waals surface area contributed by atoms with Gasteiger partial charge in [0, 0.05) is 18.2 Å². The summed E-state index contributed by atoms with van der Waals surface area (Å²) in [4.78, 5) is 10.3. The van der Waals surface area contributed by atoms with Crippen molar-refractivity contribution in [2.45, 2.75) is 24.8 Å². The second kappa shape index (κ2) is 4.91. The van der Waals surface area contributed by atoms with Crippen molar-refractivity contribution in [3.8, 4) is 11.3 Å². The molecule has 0 bridgehead atoms. The minimum atomic E-state index is -0.687. The van der Waals surface area contributed by atoms with Gasteiger partial charge in [-0.3, -0.25) is 4.68 Å². The molecule has 1 fully saturated rings. The number of carbonyl (C=O) groups excluding carboxylic acids is 1. The minimum absolute atomic E-state index is 0.645. The molecule has 0 atom stereocenters. The van der Waals surface area contributed by atoms with Crippen molar-refractivity contribution < 1.29 is 9.90 Å². The molecule has 1 aromatic carbocycles. The van der Waals surface area contributed by atoms with Crippen molar-refractivity contribution >= 4 is 13.5 Å². The summed E-state index contributed by atoms with van der Waals surface area (Å²) in [6.07, 6.45) is 4.83. The summed E-state index contributed by atoms with van der Waals surface area (Å²) in [6, 6.07) is 8.03. The van der Waals surface area contributed by atoms with Crippen molar-refractivity contribution in [1.29, 1.82) is 0 Å². The molecule has 0 spiro atoms. The largest absolute Gasteiger partial charge is 0.385 e. The Hall–Kier alpha value is -1.88. The molecule has 5 heteroatoms. The Labute approximate surface area is 118 Å². The van der Waals surface area contributed by atoms with Crippen molar-refractivity contribution in [2.24, 2.45) is 7.05 Å². The zero-order valence-corrected chi connectivity index (χ0v) is 11.4. The van der Waals surface area contributed by atoms with Crippen LogP contribution in [0.4, 0.5) is 0 Å². The highest BCUT2D eigenvalue weighted by Gasteiger charge is 2.45. The normalized spacial score (nSPS) is 15.9. The lowest BCUT2D eigenvalue weighted by atomic mass is 9.74. The van der Waals surface area contributed by atoms with Crippen LogP contribution in [0.1, 0.15) is 24.0 Å². The second-order valence-electron chi connectivity index (χ2n) is 5.33. The summed E-state index contributed by atoms with van der Waals surface area (Å²) < 4.78 is 1.80. The van der Waals surface area contributed by atoms with Gasteiger partial charge in [0.05, 0.1) is 23.7 Å². The smallest absolute Gasteiger partial charge is 0.202 e. The van der Waals surface area contributed by atoms with E-state index in [9.17, 15) is 9.90 Å². The fourth-order valence-electron chi connectivity index (χ4n) is 2.49. The zero-order valence-electron chi connectivity index (χ0n) is 11.4.